The Morgan fingerprint density at radius 1 is 1.11 bits per heavy atom. The molecule has 0 saturated carbocycles. The van der Waals surface area contributed by atoms with E-state index in [4.69, 9.17) is 5.11 Å². The SMILES string of the molecule is CNc1ncnc(NCCCCCCO)c1C(C)C. The van der Waals surface area contributed by atoms with Crippen LogP contribution in [0.1, 0.15) is 51.0 Å². The molecule has 1 heterocycles. The van der Waals surface area contributed by atoms with Crippen molar-refractivity contribution in [2.24, 2.45) is 0 Å². The third-order valence-corrected chi connectivity index (χ3v) is 3.08. The van der Waals surface area contributed by atoms with Gasteiger partial charge in [0.25, 0.3) is 0 Å². The van der Waals surface area contributed by atoms with Crippen LogP contribution in [0.2, 0.25) is 0 Å². The van der Waals surface area contributed by atoms with Crippen LogP contribution in [-0.4, -0.2) is 35.3 Å². The summed E-state index contributed by atoms with van der Waals surface area (Å²) in [5.74, 6) is 2.20. The van der Waals surface area contributed by atoms with E-state index in [9.17, 15) is 0 Å². The molecule has 0 radical (unpaired) electrons. The summed E-state index contributed by atoms with van der Waals surface area (Å²) in [6, 6.07) is 0. The fourth-order valence-electron chi connectivity index (χ4n) is 2.08. The summed E-state index contributed by atoms with van der Waals surface area (Å²) in [7, 11) is 1.88. The van der Waals surface area contributed by atoms with Crippen molar-refractivity contribution in [2.45, 2.75) is 45.4 Å². The van der Waals surface area contributed by atoms with Crippen LogP contribution in [0.4, 0.5) is 11.6 Å². The molecular weight excluding hydrogens is 240 g/mol. The molecule has 0 aromatic carbocycles. The van der Waals surface area contributed by atoms with Crippen LogP contribution in [-0.2, 0) is 0 Å². The van der Waals surface area contributed by atoms with Gasteiger partial charge in [0.2, 0.25) is 0 Å². The Labute approximate surface area is 115 Å². The monoisotopic (exact) mass is 266 g/mol. The molecule has 1 aromatic heterocycles. The molecule has 0 aliphatic rings. The van der Waals surface area contributed by atoms with Crippen molar-refractivity contribution in [1.82, 2.24) is 9.97 Å². The van der Waals surface area contributed by atoms with Gasteiger partial charge in [0.1, 0.15) is 18.0 Å². The maximum absolute atomic E-state index is 8.72. The van der Waals surface area contributed by atoms with E-state index in [-0.39, 0.29) is 0 Å². The fraction of sp³-hybridized carbons (Fsp3) is 0.714. The van der Waals surface area contributed by atoms with Gasteiger partial charge in [-0.3, -0.25) is 0 Å². The van der Waals surface area contributed by atoms with E-state index in [0.717, 1.165) is 49.4 Å². The van der Waals surface area contributed by atoms with Crippen LogP contribution in [0.25, 0.3) is 0 Å². The van der Waals surface area contributed by atoms with E-state index >= 15 is 0 Å². The van der Waals surface area contributed by atoms with Crippen LogP contribution >= 0.6 is 0 Å². The fourth-order valence-corrected chi connectivity index (χ4v) is 2.08. The minimum Gasteiger partial charge on any atom is -0.396 e. The highest BCUT2D eigenvalue weighted by atomic mass is 16.2. The van der Waals surface area contributed by atoms with Crippen LogP contribution < -0.4 is 10.6 Å². The number of hydrogen-bond donors (Lipinski definition) is 3. The van der Waals surface area contributed by atoms with Crippen molar-refractivity contribution < 1.29 is 5.11 Å². The first-order valence-corrected chi connectivity index (χ1v) is 7.08. The summed E-state index contributed by atoms with van der Waals surface area (Å²) in [5.41, 5.74) is 1.14. The van der Waals surface area contributed by atoms with E-state index in [1.54, 1.807) is 6.33 Å². The molecule has 3 N–H and O–H groups in total. The molecule has 0 amide bonds. The van der Waals surface area contributed by atoms with Gasteiger partial charge in [-0.05, 0) is 18.8 Å². The summed E-state index contributed by atoms with van der Waals surface area (Å²) in [6.45, 7) is 5.49. The van der Waals surface area contributed by atoms with Gasteiger partial charge in [-0.1, -0.05) is 26.7 Å². The summed E-state index contributed by atoms with van der Waals surface area (Å²) < 4.78 is 0. The van der Waals surface area contributed by atoms with Crippen LogP contribution in [0, 0.1) is 0 Å². The van der Waals surface area contributed by atoms with Gasteiger partial charge in [0.15, 0.2) is 0 Å². The first kappa shape index (κ1) is 15.7. The first-order chi connectivity index (χ1) is 9.20. The van der Waals surface area contributed by atoms with Crippen molar-refractivity contribution in [3.05, 3.63) is 11.9 Å². The van der Waals surface area contributed by atoms with E-state index in [1.807, 2.05) is 7.05 Å². The number of anilines is 2. The van der Waals surface area contributed by atoms with E-state index in [0.29, 0.717) is 12.5 Å². The molecule has 1 aromatic rings. The number of hydrogen-bond acceptors (Lipinski definition) is 5. The Hall–Kier alpha value is -1.36. The number of aliphatic hydroxyl groups excluding tert-OH is 1. The number of rotatable bonds is 9. The summed E-state index contributed by atoms with van der Waals surface area (Å²) in [6.07, 6.45) is 5.80. The molecule has 1 rings (SSSR count). The maximum atomic E-state index is 8.72. The second kappa shape index (κ2) is 8.69. The third kappa shape index (κ3) is 5.03. The Morgan fingerprint density at radius 3 is 2.42 bits per heavy atom. The smallest absolute Gasteiger partial charge is 0.134 e. The minimum absolute atomic E-state index is 0.294. The Balaban J connectivity index is 2.53. The van der Waals surface area contributed by atoms with Crippen molar-refractivity contribution in [3.63, 3.8) is 0 Å². The zero-order chi connectivity index (χ0) is 14.1. The van der Waals surface area contributed by atoms with Gasteiger partial charge in [-0.25, -0.2) is 9.97 Å². The molecule has 5 heteroatoms. The molecule has 5 nitrogen and oxygen atoms in total. The molecule has 0 atom stereocenters. The van der Waals surface area contributed by atoms with Gasteiger partial charge in [0, 0.05) is 25.8 Å². The van der Waals surface area contributed by atoms with Crippen LogP contribution in [0.3, 0.4) is 0 Å². The molecule has 0 aliphatic heterocycles. The summed E-state index contributed by atoms with van der Waals surface area (Å²) >= 11 is 0. The van der Waals surface area contributed by atoms with E-state index < -0.39 is 0 Å². The third-order valence-electron chi connectivity index (χ3n) is 3.08. The molecule has 0 saturated heterocycles. The topological polar surface area (TPSA) is 70.1 Å². The van der Waals surface area contributed by atoms with Gasteiger partial charge >= 0.3 is 0 Å². The van der Waals surface area contributed by atoms with Crippen LogP contribution in [0.15, 0.2) is 6.33 Å². The zero-order valence-electron chi connectivity index (χ0n) is 12.2. The lowest BCUT2D eigenvalue weighted by Crippen LogP contribution is -2.10. The largest absolute Gasteiger partial charge is 0.396 e. The second-order valence-electron chi connectivity index (χ2n) is 4.95. The Morgan fingerprint density at radius 2 is 1.79 bits per heavy atom. The van der Waals surface area contributed by atoms with Crippen molar-refractivity contribution >= 4 is 11.6 Å². The lowest BCUT2D eigenvalue weighted by Gasteiger charge is -2.16. The number of unbranched alkanes of at least 4 members (excludes halogenated alkanes) is 3. The predicted octanol–water partition coefficient (Wildman–Crippen LogP) is 2.61. The molecule has 0 spiro atoms. The average Bonchev–Trinajstić information content (AvgIpc) is 2.42. The quantitative estimate of drug-likeness (QED) is 0.599. The highest BCUT2D eigenvalue weighted by Crippen LogP contribution is 2.27. The maximum Gasteiger partial charge on any atom is 0.134 e. The predicted molar refractivity (Wildman–Crippen MR) is 79.7 cm³/mol. The molecule has 108 valence electrons. The normalized spacial score (nSPS) is 10.8. The Bertz CT molecular complexity index is 368. The zero-order valence-corrected chi connectivity index (χ0v) is 12.2. The highest BCUT2D eigenvalue weighted by molar-refractivity contribution is 5.58. The van der Waals surface area contributed by atoms with Gasteiger partial charge in [0.05, 0.1) is 0 Å². The highest BCUT2D eigenvalue weighted by Gasteiger charge is 2.13. The Kier molecular flexibility index (Phi) is 7.18. The standard InChI is InChI=1S/C14H26N4O/c1-11(2)12-13(15-3)17-10-18-14(12)16-8-6-4-5-7-9-19/h10-11,19H,4-9H2,1-3H3,(H2,15,16,17,18). The second-order valence-corrected chi connectivity index (χ2v) is 4.95. The first-order valence-electron chi connectivity index (χ1n) is 7.08. The molecular formula is C14H26N4O. The molecule has 0 bridgehead atoms. The molecule has 0 aliphatic carbocycles. The van der Waals surface area contributed by atoms with Crippen LogP contribution in [0.5, 0.6) is 0 Å². The minimum atomic E-state index is 0.294. The number of aromatic nitrogens is 2. The van der Waals surface area contributed by atoms with Crippen molar-refractivity contribution in [1.29, 1.82) is 0 Å². The van der Waals surface area contributed by atoms with Gasteiger partial charge < -0.3 is 15.7 Å². The number of nitrogens with one attached hydrogen (secondary N) is 2. The van der Waals surface area contributed by atoms with Crippen molar-refractivity contribution in [2.75, 3.05) is 30.8 Å². The summed E-state index contributed by atoms with van der Waals surface area (Å²) in [5, 5.41) is 15.2. The average molecular weight is 266 g/mol. The number of nitrogens with zero attached hydrogens (tertiary/aromatic N) is 2. The molecule has 0 fully saturated rings. The van der Waals surface area contributed by atoms with Crippen molar-refractivity contribution in [3.8, 4) is 0 Å². The van der Waals surface area contributed by atoms with Gasteiger partial charge in [-0.15, -0.1) is 0 Å². The lowest BCUT2D eigenvalue weighted by atomic mass is 10.0. The van der Waals surface area contributed by atoms with E-state index in [1.165, 1.54) is 0 Å². The van der Waals surface area contributed by atoms with Gasteiger partial charge in [-0.2, -0.15) is 0 Å². The van der Waals surface area contributed by atoms with E-state index in [2.05, 4.69) is 34.4 Å². The molecule has 19 heavy (non-hydrogen) atoms. The lowest BCUT2D eigenvalue weighted by molar-refractivity contribution is 0.283. The molecule has 0 unspecified atom stereocenters. The summed E-state index contributed by atoms with van der Waals surface area (Å²) in [4.78, 5) is 8.60. The number of aliphatic hydroxyl groups is 1.